The van der Waals surface area contributed by atoms with Crippen LogP contribution in [0.15, 0.2) is 18.2 Å². The van der Waals surface area contributed by atoms with E-state index >= 15 is 0 Å². The fourth-order valence-corrected chi connectivity index (χ4v) is 3.05. The maximum Gasteiger partial charge on any atom is 0.341 e. The number of hydrogen-bond donors (Lipinski definition) is 2. The molecule has 1 aliphatic carbocycles. The van der Waals surface area contributed by atoms with Gasteiger partial charge in [-0.1, -0.05) is 32.1 Å². The molecular weight excluding hydrogens is 322 g/mol. The Morgan fingerprint density at radius 3 is 2.40 bits per heavy atom. The highest BCUT2D eigenvalue weighted by Crippen LogP contribution is 2.29. The zero-order chi connectivity index (χ0) is 18.1. The monoisotopic (exact) mass is 349 g/mol. The Bertz CT molecular complexity index is 579. The van der Waals surface area contributed by atoms with Crippen LogP contribution in [0.5, 0.6) is 11.5 Å². The molecule has 0 radical (unpaired) electrons. The summed E-state index contributed by atoms with van der Waals surface area (Å²) in [6, 6.07) is 5.05. The molecule has 0 saturated heterocycles. The largest absolute Gasteiger partial charge is 0.490 e. The predicted octanol–water partition coefficient (Wildman–Crippen LogP) is 3.39. The van der Waals surface area contributed by atoms with E-state index in [0.717, 1.165) is 25.7 Å². The van der Waals surface area contributed by atoms with Crippen molar-refractivity contribution in [3.63, 3.8) is 0 Å². The van der Waals surface area contributed by atoms with Crippen molar-refractivity contribution in [3.8, 4) is 11.5 Å². The van der Waals surface area contributed by atoms with Gasteiger partial charge in [0.2, 0.25) is 0 Å². The summed E-state index contributed by atoms with van der Waals surface area (Å²) >= 11 is 0. The van der Waals surface area contributed by atoms with Crippen LogP contribution in [-0.4, -0.2) is 36.2 Å². The molecule has 1 amide bonds. The molecule has 6 nitrogen and oxygen atoms in total. The van der Waals surface area contributed by atoms with E-state index in [4.69, 9.17) is 14.6 Å². The van der Waals surface area contributed by atoms with Gasteiger partial charge in [-0.2, -0.15) is 0 Å². The SMILES string of the molecule is CCOc1cc(C(=O)NC2CCCCCCC2)ccc1OCC(=O)O. The minimum absolute atomic E-state index is 0.128. The number of ether oxygens (including phenoxy) is 2. The standard InChI is InChI=1S/C19H27NO5/c1-2-24-17-12-14(10-11-16(17)25-13-18(21)22)19(23)20-15-8-6-4-3-5-7-9-15/h10-12,15H,2-9,13H2,1H3,(H,20,23)(H,21,22). The van der Waals surface area contributed by atoms with Gasteiger partial charge in [-0.25, -0.2) is 4.79 Å². The summed E-state index contributed by atoms with van der Waals surface area (Å²) in [6.45, 7) is 1.77. The number of benzene rings is 1. The number of nitrogens with one attached hydrogen (secondary N) is 1. The number of carboxylic acid groups (broad SMARTS) is 1. The summed E-state index contributed by atoms with van der Waals surface area (Å²) in [7, 11) is 0. The second-order valence-corrected chi connectivity index (χ2v) is 6.29. The fraction of sp³-hybridized carbons (Fsp3) is 0.579. The maximum atomic E-state index is 12.5. The van der Waals surface area contributed by atoms with Crippen LogP contribution < -0.4 is 14.8 Å². The number of carbonyl (C=O) groups excluding carboxylic acids is 1. The lowest BCUT2D eigenvalue weighted by Crippen LogP contribution is -2.35. The van der Waals surface area contributed by atoms with Gasteiger partial charge in [0.15, 0.2) is 18.1 Å². The molecule has 2 rings (SSSR count). The molecule has 1 aliphatic rings. The van der Waals surface area contributed by atoms with Crippen molar-refractivity contribution in [2.75, 3.05) is 13.2 Å². The van der Waals surface area contributed by atoms with Gasteiger partial charge in [-0.3, -0.25) is 4.79 Å². The van der Waals surface area contributed by atoms with Crippen LogP contribution in [0.3, 0.4) is 0 Å². The lowest BCUT2D eigenvalue weighted by atomic mass is 9.96. The van der Waals surface area contributed by atoms with Crippen LogP contribution in [0.25, 0.3) is 0 Å². The minimum Gasteiger partial charge on any atom is -0.490 e. The van der Waals surface area contributed by atoms with Crippen LogP contribution in [0.4, 0.5) is 0 Å². The summed E-state index contributed by atoms with van der Waals surface area (Å²) in [4.78, 5) is 23.2. The van der Waals surface area contributed by atoms with E-state index in [-0.39, 0.29) is 11.9 Å². The first-order valence-corrected chi connectivity index (χ1v) is 9.02. The van der Waals surface area contributed by atoms with E-state index in [0.29, 0.717) is 23.7 Å². The first-order valence-electron chi connectivity index (χ1n) is 9.02. The van der Waals surface area contributed by atoms with Gasteiger partial charge in [0.25, 0.3) is 5.91 Å². The van der Waals surface area contributed by atoms with Crippen LogP contribution in [0.1, 0.15) is 62.2 Å². The van der Waals surface area contributed by atoms with Crippen molar-refractivity contribution >= 4 is 11.9 Å². The lowest BCUT2D eigenvalue weighted by Gasteiger charge is -2.21. The van der Waals surface area contributed by atoms with Crippen molar-refractivity contribution in [3.05, 3.63) is 23.8 Å². The number of aliphatic carboxylic acids is 1. The zero-order valence-corrected chi connectivity index (χ0v) is 14.8. The average molecular weight is 349 g/mol. The molecule has 1 fully saturated rings. The van der Waals surface area contributed by atoms with Crippen LogP contribution in [-0.2, 0) is 4.79 Å². The van der Waals surface area contributed by atoms with Gasteiger partial charge in [-0.05, 0) is 38.0 Å². The summed E-state index contributed by atoms with van der Waals surface area (Å²) in [5, 5.41) is 11.8. The summed E-state index contributed by atoms with van der Waals surface area (Å²) in [6.07, 6.45) is 8.09. The molecule has 25 heavy (non-hydrogen) atoms. The second kappa shape index (κ2) is 9.91. The number of carbonyl (C=O) groups is 2. The van der Waals surface area contributed by atoms with Gasteiger partial charge < -0.3 is 19.9 Å². The molecule has 1 saturated carbocycles. The molecule has 2 N–H and O–H groups in total. The zero-order valence-electron chi connectivity index (χ0n) is 14.8. The topological polar surface area (TPSA) is 84.9 Å². The third kappa shape index (κ3) is 6.29. The third-order valence-electron chi connectivity index (χ3n) is 4.30. The van der Waals surface area contributed by atoms with E-state index in [1.54, 1.807) is 18.2 Å². The highest BCUT2D eigenvalue weighted by atomic mass is 16.5. The summed E-state index contributed by atoms with van der Waals surface area (Å²) < 4.78 is 10.7. The quantitative estimate of drug-likeness (QED) is 0.788. The third-order valence-corrected chi connectivity index (χ3v) is 4.30. The Kier molecular flexibility index (Phi) is 7.57. The van der Waals surface area contributed by atoms with Gasteiger partial charge in [0.05, 0.1) is 6.61 Å². The Balaban J connectivity index is 2.04. The highest BCUT2D eigenvalue weighted by molar-refractivity contribution is 5.95. The molecule has 0 spiro atoms. The van der Waals surface area contributed by atoms with E-state index in [1.807, 2.05) is 6.92 Å². The minimum atomic E-state index is -1.06. The number of hydrogen-bond acceptors (Lipinski definition) is 4. The van der Waals surface area contributed by atoms with Crippen LogP contribution >= 0.6 is 0 Å². The van der Waals surface area contributed by atoms with Crippen LogP contribution in [0.2, 0.25) is 0 Å². The normalized spacial score (nSPS) is 15.7. The van der Waals surface area contributed by atoms with Crippen LogP contribution in [0, 0.1) is 0 Å². The fourth-order valence-electron chi connectivity index (χ4n) is 3.05. The predicted molar refractivity (Wildman–Crippen MR) is 94.3 cm³/mol. The molecule has 0 atom stereocenters. The van der Waals surface area contributed by atoms with E-state index in [1.165, 1.54) is 19.3 Å². The molecule has 0 aromatic heterocycles. The molecule has 1 aromatic carbocycles. The molecule has 0 unspecified atom stereocenters. The van der Waals surface area contributed by atoms with E-state index < -0.39 is 12.6 Å². The number of rotatable bonds is 7. The van der Waals surface area contributed by atoms with Crippen molar-refractivity contribution in [1.82, 2.24) is 5.32 Å². The van der Waals surface area contributed by atoms with Gasteiger partial charge in [0.1, 0.15) is 0 Å². The molecule has 6 heteroatoms. The molecule has 0 aliphatic heterocycles. The Morgan fingerprint density at radius 1 is 1.08 bits per heavy atom. The number of carboxylic acids is 1. The summed E-state index contributed by atoms with van der Waals surface area (Å²) in [5.41, 5.74) is 0.494. The smallest absolute Gasteiger partial charge is 0.341 e. The molecule has 0 heterocycles. The van der Waals surface area contributed by atoms with Gasteiger partial charge in [-0.15, -0.1) is 0 Å². The molecule has 138 valence electrons. The van der Waals surface area contributed by atoms with Gasteiger partial charge in [0, 0.05) is 11.6 Å². The maximum absolute atomic E-state index is 12.5. The molecule has 1 aromatic rings. The average Bonchev–Trinajstić information content (AvgIpc) is 2.56. The highest BCUT2D eigenvalue weighted by Gasteiger charge is 2.17. The first-order chi connectivity index (χ1) is 12.1. The van der Waals surface area contributed by atoms with E-state index in [2.05, 4.69) is 5.32 Å². The Morgan fingerprint density at radius 2 is 1.76 bits per heavy atom. The molecular formula is C19H27NO5. The lowest BCUT2D eigenvalue weighted by molar-refractivity contribution is -0.139. The van der Waals surface area contributed by atoms with Crippen molar-refractivity contribution in [2.24, 2.45) is 0 Å². The first kappa shape index (κ1) is 19.1. The Labute approximate surface area is 148 Å². The second-order valence-electron chi connectivity index (χ2n) is 6.29. The van der Waals surface area contributed by atoms with Crippen molar-refractivity contribution in [2.45, 2.75) is 57.9 Å². The van der Waals surface area contributed by atoms with E-state index in [9.17, 15) is 9.59 Å². The molecule has 0 bridgehead atoms. The van der Waals surface area contributed by atoms with Gasteiger partial charge >= 0.3 is 5.97 Å². The summed E-state index contributed by atoms with van der Waals surface area (Å²) in [5.74, 6) is -0.481. The van der Waals surface area contributed by atoms with Crippen molar-refractivity contribution < 1.29 is 24.2 Å². The number of amides is 1. The Hall–Kier alpha value is -2.24. The van der Waals surface area contributed by atoms with Crippen molar-refractivity contribution in [1.29, 1.82) is 0 Å².